The van der Waals surface area contributed by atoms with Crippen molar-refractivity contribution in [1.82, 2.24) is 0 Å². The second-order valence-electron chi connectivity index (χ2n) is 6.22. The number of nitrogens with zero attached hydrogens (tertiary/aromatic N) is 1. The van der Waals surface area contributed by atoms with Gasteiger partial charge >= 0.3 is 0 Å². The van der Waals surface area contributed by atoms with Crippen molar-refractivity contribution >= 4 is 16.5 Å². The van der Waals surface area contributed by atoms with Gasteiger partial charge in [0.25, 0.3) is 5.69 Å². The lowest BCUT2D eigenvalue weighted by atomic mass is 9.94. The Kier molecular flexibility index (Phi) is 3.97. The van der Waals surface area contributed by atoms with Gasteiger partial charge in [0.15, 0.2) is 0 Å². The van der Waals surface area contributed by atoms with Gasteiger partial charge in [-0.05, 0) is 40.1 Å². The van der Waals surface area contributed by atoms with Gasteiger partial charge < -0.3 is 10.2 Å². The summed E-state index contributed by atoms with van der Waals surface area (Å²) in [6.45, 7) is 0. The van der Waals surface area contributed by atoms with Crippen molar-refractivity contribution in [3.05, 3.63) is 89.0 Å². The monoisotopic (exact) mass is 357 g/mol. The highest BCUT2D eigenvalue weighted by Crippen LogP contribution is 2.42. The zero-order chi connectivity index (χ0) is 19.0. The summed E-state index contributed by atoms with van der Waals surface area (Å²) in [5.74, 6) is -0.252. The van der Waals surface area contributed by atoms with Crippen LogP contribution in [0, 0.1) is 10.1 Å². The summed E-state index contributed by atoms with van der Waals surface area (Å²) in [4.78, 5) is 10.3. The van der Waals surface area contributed by atoms with Gasteiger partial charge in [0.05, 0.1) is 11.0 Å². The van der Waals surface area contributed by atoms with Gasteiger partial charge in [0.2, 0.25) is 0 Å². The van der Waals surface area contributed by atoms with Crippen LogP contribution in [0.25, 0.3) is 33.0 Å². The second-order valence-corrected chi connectivity index (χ2v) is 6.22. The van der Waals surface area contributed by atoms with Crippen molar-refractivity contribution < 1.29 is 15.1 Å². The lowest BCUT2D eigenvalue weighted by Crippen LogP contribution is -1.89. The normalized spacial score (nSPS) is 10.8. The number of hydrogen-bond donors (Lipinski definition) is 2. The summed E-state index contributed by atoms with van der Waals surface area (Å²) in [5.41, 5.74) is 2.69. The third-order valence-electron chi connectivity index (χ3n) is 4.57. The average molecular weight is 357 g/mol. The quantitative estimate of drug-likeness (QED) is 0.375. The molecular weight excluding hydrogens is 342 g/mol. The molecule has 0 aliphatic carbocycles. The number of hydrogen-bond acceptors (Lipinski definition) is 4. The number of benzene rings is 4. The van der Waals surface area contributed by atoms with E-state index in [0.29, 0.717) is 11.1 Å². The van der Waals surface area contributed by atoms with Gasteiger partial charge in [-0.2, -0.15) is 0 Å². The van der Waals surface area contributed by atoms with E-state index >= 15 is 0 Å². The Hall–Kier alpha value is -3.86. The molecule has 0 fully saturated rings. The van der Waals surface area contributed by atoms with Crippen LogP contribution in [0.15, 0.2) is 78.9 Å². The largest absolute Gasteiger partial charge is 0.507 e. The number of rotatable bonds is 3. The lowest BCUT2D eigenvalue weighted by Gasteiger charge is -2.12. The van der Waals surface area contributed by atoms with Crippen molar-refractivity contribution in [3.8, 4) is 33.8 Å². The SMILES string of the molecule is O=[N+]([O-])c1ccc(-c2c(O)ccc3cc(-c4ccccc4)ccc23)c(O)c1. The number of nitro benzene ring substituents is 1. The van der Waals surface area contributed by atoms with Crippen LogP contribution < -0.4 is 0 Å². The van der Waals surface area contributed by atoms with E-state index in [1.165, 1.54) is 12.1 Å². The van der Waals surface area contributed by atoms with E-state index in [1.807, 2.05) is 54.6 Å². The van der Waals surface area contributed by atoms with Crippen molar-refractivity contribution in [2.24, 2.45) is 0 Å². The van der Waals surface area contributed by atoms with Crippen LogP contribution in [0.2, 0.25) is 0 Å². The Labute approximate surface area is 154 Å². The second kappa shape index (κ2) is 6.46. The molecular formula is C22H15NO4. The molecule has 0 heterocycles. The number of phenols is 2. The van der Waals surface area contributed by atoms with Gasteiger partial charge in [-0.25, -0.2) is 0 Å². The zero-order valence-corrected chi connectivity index (χ0v) is 14.2. The summed E-state index contributed by atoms with van der Waals surface area (Å²) in [6, 6.07) is 23.0. The molecule has 0 saturated carbocycles. The number of fused-ring (bicyclic) bond motifs is 1. The molecule has 0 aliphatic heterocycles. The Morgan fingerprint density at radius 3 is 2.22 bits per heavy atom. The molecule has 5 nitrogen and oxygen atoms in total. The van der Waals surface area contributed by atoms with Crippen LogP contribution in [-0.2, 0) is 0 Å². The van der Waals surface area contributed by atoms with Crippen molar-refractivity contribution in [2.45, 2.75) is 0 Å². The standard InChI is InChI=1S/C22H15NO4/c24-20-11-7-16-12-15(14-4-2-1-3-5-14)6-9-18(16)22(20)19-10-8-17(23(26)27)13-21(19)25/h1-13,24-25H. The van der Waals surface area contributed by atoms with Gasteiger partial charge in [-0.1, -0.05) is 48.5 Å². The van der Waals surface area contributed by atoms with E-state index in [4.69, 9.17) is 0 Å². The minimum Gasteiger partial charge on any atom is -0.507 e. The molecule has 4 aromatic rings. The number of aromatic hydroxyl groups is 2. The van der Waals surface area contributed by atoms with Crippen molar-refractivity contribution in [1.29, 1.82) is 0 Å². The maximum absolute atomic E-state index is 10.9. The van der Waals surface area contributed by atoms with E-state index in [2.05, 4.69) is 0 Å². The molecule has 0 aromatic heterocycles. The third-order valence-corrected chi connectivity index (χ3v) is 4.57. The van der Waals surface area contributed by atoms with Gasteiger partial charge in [-0.3, -0.25) is 10.1 Å². The molecule has 0 atom stereocenters. The van der Waals surface area contributed by atoms with Crippen LogP contribution in [0.1, 0.15) is 0 Å². The fourth-order valence-corrected chi connectivity index (χ4v) is 3.26. The Balaban J connectivity index is 1.91. The maximum atomic E-state index is 10.9. The van der Waals surface area contributed by atoms with E-state index in [1.54, 1.807) is 6.07 Å². The molecule has 0 radical (unpaired) electrons. The summed E-state index contributed by atoms with van der Waals surface area (Å²) in [7, 11) is 0. The van der Waals surface area contributed by atoms with E-state index in [0.717, 1.165) is 28.0 Å². The third kappa shape index (κ3) is 2.95. The summed E-state index contributed by atoms with van der Waals surface area (Å²) in [6.07, 6.45) is 0. The fraction of sp³-hybridized carbons (Fsp3) is 0. The number of nitro groups is 1. The van der Waals surface area contributed by atoms with Crippen LogP contribution in [-0.4, -0.2) is 15.1 Å². The highest BCUT2D eigenvalue weighted by atomic mass is 16.6. The van der Waals surface area contributed by atoms with Crippen LogP contribution >= 0.6 is 0 Å². The Morgan fingerprint density at radius 2 is 1.52 bits per heavy atom. The molecule has 4 rings (SSSR count). The molecule has 4 aromatic carbocycles. The number of non-ortho nitro benzene ring substituents is 1. The van der Waals surface area contributed by atoms with Gasteiger partial charge in [-0.15, -0.1) is 0 Å². The minimum absolute atomic E-state index is 0.000820. The van der Waals surface area contributed by atoms with E-state index in [9.17, 15) is 20.3 Å². The molecule has 132 valence electrons. The first-order chi connectivity index (χ1) is 13.0. The predicted molar refractivity (Wildman–Crippen MR) is 105 cm³/mol. The molecule has 0 bridgehead atoms. The van der Waals surface area contributed by atoms with Crippen molar-refractivity contribution in [3.63, 3.8) is 0 Å². The van der Waals surface area contributed by atoms with Crippen molar-refractivity contribution in [2.75, 3.05) is 0 Å². The van der Waals surface area contributed by atoms with Crippen LogP contribution in [0.3, 0.4) is 0 Å². The van der Waals surface area contributed by atoms with E-state index in [-0.39, 0.29) is 17.2 Å². The Bertz CT molecular complexity index is 1170. The predicted octanol–water partition coefficient (Wildman–Crippen LogP) is 5.49. The fourth-order valence-electron chi connectivity index (χ4n) is 3.26. The molecule has 0 amide bonds. The first-order valence-corrected chi connectivity index (χ1v) is 8.33. The minimum atomic E-state index is -0.571. The van der Waals surface area contributed by atoms with Crippen LogP contribution in [0.5, 0.6) is 11.5 Å². The molecule has 2 N–H and O–H groups in total. The topological polar surface area (TPSA) is 83.6 Å². The smallest absolute Gasteiger partial charge is 0.273 e. The molecule has 5 heteroatoms. The summed E-state index contributed by atoms with van der Waals surface area (Å²) >= 11 is 0. The Morgan fingerprint density at radius 1 is 0.741 bits per heavy atom. The number of phenolic OH excluding ortho intramolecular Hbond substituents is 2. The molecule has 0 aliphatic rings. The van der Waals surface area contributed by atoms with Crippen LogP contribution in [0.4, 0.5) is 5.69 Å². The average Bonchev–Trinajstić information content (AvgIpc) is 2.68. The van der Waals surface area contributed by atoms with Gasteiger partial charge in [0, 0.05) is 17.2 Å². The zero-order valence-electron chi connectivity index (χ0n) is 14.2. The van der Waals surface area contributed by atoms with Gasteiger partial charge in [0.1, 0.15) is 11.5 Å². The lowest BCUT2D eigenvalue weighted by molar-refractivity contribution is -0.384. The van der Waals surface area contributed by atoms with E-state index < -0.39 is 4.92 Å². The molecule has 0 saturated heterocycles. The first kappa shape index (κ1) is 16.6. The summed E-state index contributed by atoms with van der Waals surface area (Å²) in [5, 5.41) is 33.2. The summed E-state index contributed by atoms with van der Waals surface area (Å²) < 4.78 is 0. The highest BCUT2D eigenvalue weighted by Gasteiger charge is 2.17. The molecule has 0 spiro atoms. The maximum Gasteiger partial charge on any atom is 0.273 e. The first-order valence-electron chi connectivity index (χ1n) is 8.33. The molecule has 0 unspecified atom stereocenters. The molecule has 27 heavy (non-hydrogen) atoms. The highest BCUT2D eigenvalue weighted by molar-refractivity contribution is 6.02.